The summed E-state index contributed by atoms with van der Waals surface area (Å²) >= 11 is 0. The molecule has 0 saturated heterocycles. The van der Waals surface area contributed by atoms with Gasteiger partial charge in [-0.2, -0.15) is 0 Å². The number of hydrazine groups is 1. The largest absolute Gasteiger partial charge is 0.469 e. The van der Waals surface area contributed by atoms with Crippen LogP contribution in [0.5, 0.6) is 0 Å². The Labute approximate surface area is 163 Å². The lowest BCUT2D eigenvalue weighted by molar-refractivity contribution is -0.117. The van der Waals surface area contributed by atoms with Crippen LogP contribution in [0.3, 0.4) is 0 Å². The van der Waals surface area contributed by atoms with Gasteiger partial charge in [-0.05, 0) is 63.6 Å². The molecule has 0 radical (unpaired) electrons. The average molecular weight is 377 g/mol. The number of furan rings is 1. The third-order valence-electron chi connectivity index (χ3n) is 4.58. The Morgan fingerprint density at radius 1 is 1.00 bits per heavy atom. The second-order valence-corrected chi connectivity index (χ2v) is 6.66. The Morgan fingerprint density at radius 3 is 2.36 bits per heavy atom. The molecule has 2 heterocycles. The lowest BCUT2D eigenvalue weighted by Gasteiger charge is -2.10. The van der Waals surface area contributed by atoms with E-state index in [4.69, 9.17) is 4.42 Å². The maximum atomic E-state index is 12.0. The average Bonchev–Trinajstić information content (AvgIpc) is 3.22. The first kappa shape index (κ1) is 19.2. The number of benzene rings is 1. The fourth-order valence-electron chi connectivity index (χ4n) is 3.06. The Morgan fingerprint density at radius 2 is 1.71 bits per heavy atom. The van der Waals surface area contributed by atoms with Crippen molar-refractivity contribution in [2.24, 2.45) is 0 Å². The molecule has 0 aliphatic heterocycles. The van der Waals surface area contributed by atoms with Gasteiger partial charge >= 0.3 is 0 Å². The van der Waals surface area contributed by atoms with Crippen LogP contribution < -0.4 is 10.9 Å². The number of aromatic nitrogens is 1. The van der Waals surface area contributed by atoms with Crippen molar-refractivity contribution in [3.8, 4) is 5.69 Å². The molecule has 0 aliphatic carbocycles. The summed E-state index contributed by atoms with van der Waals surface area (Å²) in [6.07, 6.45) is 4.55. The molecule has 6 nitrogen and oxygen atoms in total. The molecular weight excluding hydrogens is 354 g/mol. The lowest BCUT2D eigenvalue weighted by Crippen LogP contribution is -2.40. The Bertz CT molecular complexity index is 1040. The highest BCUT2D eigenvalue weighted by atomic mass is 16.3. The molecule has 2 aromatic heterocycles. The minimum absolute atomic E-state index is 0.380. The molecule has 1 aromatic carbocycles. The van der Waals surface area contributed by atoms with Crippen molar-refractivity contribution < 1.29 is 14.0 Å². The molecule has 2 amide bonds. The number of nitrogens with one attached hydrogen (secondary N) is 2. The Hall–Kier alpha value is -3.54. The number of rotatable bonds is 4. The number of amides is 2. The first-order valence-electron chi connectivity index (χ1n) is 8.95. The zero-order chi connectivity index (χ0) is 20.3. The van der Waals surface area contributed by atoms with Crippen LogP contribution >= 0.6 is 0 Å². The van der Waals surface area contributed by atoms with E-state index in [1.165, 1.54) is 17.9 Å². The smallest absolute Gasteiger partial charge is 0.273 e. The van der Waals surface area contributed by atoms with Gasteiger partial charge < -0.3 is 8.98 Å². The summed E-state index contributed by atoms with van der Waals surface area (Å²) in [6.45, 7) is 7.77. The predicted molar refractivity (Wildman–Crippen MR) is 108 cm³/mol. The molecule has 28 heavy (non-hydrogen) atoms. The van der Waals surface area contributed by atoms with E-state index in [2.05, 4.69) is 46.6 Å². The van der Waals surface area contributed by atoms with Crippen LogP contribution in [0.4, 0.5) is 0 Å². The highest BCUT2D eigenvalue weighted by molar-refractivity contribution is 5.98. The fourth-order valence-corrected chi connectivity index (χ4v) is 3.06. The van der Waals surface area contributed by atoms with Crippen LogP contribution in [-0.4, -0.2) is 16.4 Å². The molecule has 6 heteroatoms. The third kappa shape index (κ3) is 4.06. The monoisotopic (exact) mass is 377 g/mol. The fraction of sp³-hybridized carbons (Fsp3) is 0.182. The van der Waals surface area contributed by atoms with Gasteiger partial charge in [0.05, 0.1) is 11.8 Å². The third-order valence-corrected chi connectivity index (χ3v) is 4.58. The van der Waals surface area contributed by atoms with E-state index in [9.17, 15) is 9.59 Å². The number of carbonyl (C=O) groups excluding carboxylic acids is 2. The van der Waals surface area contributed by atoms with Crippen molar-refractivity contribution >= 4 is 17.9 Å². The molecule has 0 saturated carbocycles. The van der Waals surface area contributed by atoms with Crippen LogP contribution in [0.15, 0.2) is 53.2 Å². The molecule has 0 atom stereocenters. The molecule has 3 aromatic rings. The van der Waals surface area contributed by atoms with Gasteiger partial charge in [0.25, 0.3) is 11.8 Å². The summed E-state index contributed by atoms with van der Waals surface area (Å²) in [6, 6.07) is 11.9. The van der Waals surface area contributed by atoms with Gasteiger partial charge in [0, 0.05) is 23.2 Å². The second kappa shape index (κ2) is 8.00. The van der Waals surface area contributed by atoms with Crippen molar-refractivity contribution in [1.82, 2.24) is 15.4 Å². The maximum absolute atomic E-state index is 12.0. The van der Waals surface area contributed by atoms with E-state index in [-0.39, 0.29) is 0 Å². The number of aryl methyl sites for hydroxylation is 3. The molecule has 0 bridgehead atoms. The minimum atomic E-state index is -0.425. The van der Waals surface area contributed by atoms with Gasteiger partial charge in [-0.15, -0.1) is 0 Å². The Balaban J connectivity index is 1.68. The van der Waals surface area contributed by atoms with Gasteiger partial charge in [0.15, 0.2) is 0 Å². The number of hydrogen-bond acceptors (Lipinski definition) is 3. The van der Waals surface area contributed by atoms with Gasteiger partial charge in [0.1, 0.15) is 5.76 Å². The standard InChI is InChI=1S/C22H23N3O3/c1-14-5-8-19(9-6-14)25-15(2)13-18(16(25)3)7-10-21(26)23-24-22(27)20-11-12-28-17(20)4/h5-13H,1-4H3,(H,23,26)(H,24,27)/b10-7+. The van der Waals surface area contributed by atoms with Crippen LogP contribution in [0.25, 0.3) is 11.8 Å². The second-order valence-electron chi connectivity index (χ2n) is 6.66. The normalized spacial score (nSPS) is 11.0. The van der Waals surface area contributed by atoms with Crippen LogP contribution in [-0.2, 0) is 4.79 Å². The predicted octanol–water partition coefficient (Wildman–Crippen LogP) is 3.78. The first-order valence-corrected chi connectivity index (χ1v) is 8.95. The summed E-state index contributed by atoms with van der Waals surface area (Å²) in [4.78, 5) is 24.0. The molecule has 0 fully saturated rings. The van der Waals surface area contributed by atoms with Gasteiger partial charge in [-0.3, -0.25) is 20.4 Å². The maximum Gasteiger partial charge on any atom is 0.273 e. The SMILES string of the molecule is Cc1ccc(-n2c(C)cc(/C=C/C(=O)NNC(=O)c3ccoc3C)c2C)cc1. The molecule has 0 spiro atoms. The Kier molecular flexibility index (Phi) is 5.49. The van der Waals surface area contributed by atoms with E-state index < -0.39 is 11.8 Å². The first-order chi connectivity index (χ1) is 13.4. The topological polar surface area (TPSA) is 76.3 Å². The van der Waals surface area contributed by atoms with E-state index in [1.54, 1.807) is 19.1 Å². The summed E-state index contributed by atoms with van der Waals surface area (Å²) in [5, 5.41) is 0. The summed E-state index contributed by atoms with van der Waals surface area (Å²) < 4.78 is 7.22. The highest BCUT2D eigenvalue weighted by Crippen LogP contribution is 2.22. The summed E-state index contributed by atoms with van der Waals surface area (Å²) in [5.74, 6) is -0.356. The van der Waals surface area contributed by atoms with E-state index in [1.807, 2.05) is 19.9 Å². The zero-order valence-electron chi connectivity index (χ0n) is 16.4. The molecule has 0 unspecified atom stereocenters. The van der Waals surface area contributed by atoms with Crippen LogP contribution in [0.2, 0.25) is 0 Å². The van der Waals surface area contributed by atoms with Gasteiger partial charge in [0.2, 0.25) is 0 Å². The van der Waals surface area contributed by atoms with E-state index in [0.717, 1.165) is 22.6 Å². The van der Waals surface area contributed by atoms with Crippen molar-refractivity contribution in [1.29, 1.82) is 0 Å². The highest BCUT2D eigenvalue weighted by Gasteiger charge is 2.12. The summed E-state index contributed by atoms with van der Waals surface area (Å²) in [5.41, 5.74) is 10.4. The molecule has 0 aliphatic rings. The van der Waals surface area contributed by atoms with Crippen LogP contribution in [0.1, 0.15) is 38.6 Å². The lowest BCUT2D eigenvalue weighted by atomic mass is 10.2. The van der Waals surface area contributed by atoms with E-state index >= 15 is 0 Å². The quantitative estimate of drug-likeness (QED) is 0.537. The number of hydrogen-bond donors (Lipinski definition) is 2. The number of carbonyl (C=O) groups is 2. The number of nitrogens with zero attached hydrogens (tertiary/aromatic N) is 1. The molecular formula is C22H23N3O3. The van der Waals surface area contributed by atoms with Crippen molar-refractivity contribution in [3.05, 3.63) is 82.6 Å². The van der Waals surface area contributed by atoms with Crippen LogP contribution in [0, 0.1) is 27.7 Å². The van der Waals surface area contributed by atoms with Crippen molar-refractivity contribution in [2.75, 3.05) is 0 Å². The zero-order valence-corrected chi connectivity index (χ0v) is 16.4. The summed E-state index contributed by atoms with van der Waals surface area (Å²) in [7, 11) is 0. The molecule has 144 valence electrons. The molecule has 2 N–H and O–H groups in total. The van der Waals surface area contributed by atoms with Gasteiger partial charge in [-0.1, -0.05) is 17.7 Å². The minimum Gasteiger partial charge on any atom is -0.469 e. The van der Waals surface area contributed by atoms with Crippen molar-refractivity contribution in [2.45, 2.75) is 27.7 Å². The van der Waals surface area contributed by atoms with Gasteiger partial charge in [-0.25, -0.2) is 0 Å². The molecule has 3 rings (SSSR count). The van der Waals surface area contributed by atoms with E-state index in [0.29, 0.717) is 11.3 Å². The van der Waals surface area contributed by atoms with Crippen molar-refractivity contribution in [3.63, 3.8) is 0 Å².